The van der Waals surface area contributed by atoms with Crippen LogP contribution < -0.4 is 0 Å². The number of thioether (sulfide) groups is 1. The monoisotopic (exact) mass is 460 g/mol. The van der Waals surface area contributed by atoms with Crippen LogP contribution in [0.15, 0.2) is 36.9 Å². The first-order valence-corrected chi connectivity index (χ1v) is 11.1. The molecule has 1 unspecified atom stereocenters. The fourth-order valence-corrected chi connectivity index (χ4v) is 4.44. The van der Waals surface area contributed by atoms with Crippen molar-refractivity contribution >= 4 is 46.9 Å². The average molecular weight is 461 g/mol. The standard InChI is InChI=1S/C18H24Cl2N2S.C2H2O4/c1-2-3-4-5-6-11-23-18(13-22-10-9-21-14-22)16-8-7-15(19)12-17(16)20;3-1(4)2(5)6/h7-10,12,14,18H,2-6,11,13H2,1H3;(H,3,4)(H,5,6). The van der Waals surface area contributed by atoms with E-state index in [4.69, 9.17) is 43.0 Å². The maximum atomic E-state index is 9.10. The first-order valence-electron chi connectivity index (χ1n) is 9.33. The number of carboxylic acid groups (broad SMARTS) is 2. The highest BCUT2D eigenvalue weighted by atomic mass is 35.5. The number of benzene rings is 1. The summed E-state index contributed by atoms with van der Waals surface area (Å²) < 4.78 is 2.11. The molecular formula is C20H26Cl2N2O4S. The van der Waals surface area contributed by atoms with Gasteiger partial charge in [-0.25, -0.2) is 14.6 Å². The van der Waals surface area contributed by atoms with E-state index in [2.05, 4.69) is 22.5 Å². The summed E-state index contributed by atoms with van der Waals surface area (Å²) in [6.45, 7) is 3.12. The van der Waals surface area contributed by atoms with Crippen molar-refractivity contribution in [1.82, 2.24) is 9.55 Å². The molecule has 0 spiro atoms. The van der Waals surface area contributed by atoms with Crippen LogP contribution in [0.4, 0.5) is 0 Å². The van der Waals surface area contributed by atoms with E-state index in [1.54, 1.807) is 0 Å². The molecule has 6 nitrogen and oxygen atoms in total. The summed E-state index contributed by atoms with van der Waals surface area (Å²) in [6, 6.07) is 5.81. The minimum absolute atomic E-state index is 0.320. The molecule has 0 aliphatic heterocycles. The SMILES string of the molecule is CCCCCCCSC(Cn1ccnc1)c1ccc(Cl)cc1Cl.O=C(O)C(=O)O. The molecule has 0 bridgehead atoms. The van der Waals surface area contributed by atoms with Crippen LogP contribution in [-0.4, -0.2) is 37.5 Å². The molecule has 9 heteroatoms. The van der Waals surface area contributed by atoms with E-state index in [1.807, 2.05) is 42.6 Å². The van der Waals surface area contributed by atoms with Gasteiger partial charge in [0.1, 0.15) is 0 Å². The van der Waals surface area contributed by atoms with E-state index in [-0.39, 0.29) is 0 Å². The van der Waals surface area contributed by atoms with E-state index in [1.165, 1.54) is 32.1 Å². The second kappa shape index (κ2) is 14.3. The van der Waals surface area contributed by atoms with E-state index in [0.29, 0.717) is 10.3 Å². The molecule has 1 atom stereocenters. The first-order chi connectivity index (χ1) is 13.8. The summed E-state index contributed by atoms with van der Waals surface area (Å²) in [5.74, 6) is -2.49. The van der Waals surface area contributed by atoms with Gasteiger partial charge in [0.25, 0.3) is 0 Å². The highest BCUT2D eigenvalue weighted by molar-refractivity contribution is 7.99. The average Bonchev–Trinajstić information content (AvgIpc) is 3.17. The summed E-state index contributed by atoms with van der Waals surface area (Å²) >= 11 is 14.4. The van der Waals surface area contributed by atoms with Crippen molar-refractivity contribution in [3.05, 3.63) is 52.5 Å². The van der Waals surface area contributed by atoms with Crippen molar-refractivity contribution in [1.29, 1.82) is 0 Å². The second-order valence-corrected chi connectivity index (χ2v) is 8.46. The number of carbonyl (C=O) groups is 2. The van der Waals surface area contributed by atoms with Gasteiger partial charge in [0.05, 0.1) is 6.33 Å². The zero-order chi connectivity index (χ0) is 21.6. The Hall–Kier alpha value is -1.70. The van der Waals surface area contributed by atoms with Gasteiger partial charge in [0.15, 0.2) is 0 Å². The maximum absolute atomic E-state index is 9.10. The molecule has 0 fully saturated rings. The van der Waals surface area contributed by atoms with Gasteiger partial charge >= 0.3 is 11.9 Å². The van der Waals surface area contributed by atoms with Gasteiger partial charge in [-0.15, -0.1) is 0 Å². The molecule has 1 aromatic heterocycles. The molecule has 1 aromatic carbocycles. The lowest BCUT2D eigenvalue weighted by Gasteiger charge is -2.19. The Kier molecular flexibility index (Phi) is 12.5. The van der Waals surface area contributed by atoms with Crippen molar-refractivity contribution in [2.24, 2.45) is 0 Å². The van der Waals surface area contributed by atoms with Gasteiger partial charge in [-0.05, 0) is 29.9 Å². The summed E-state index contributed by atoms with van der Waals surface area (Å²) in [4.78, 5) is 22.3. The third-order valence-corrected chi connectivity index (χ3v) is 5.89. The van der Waals surface area contributed by atoms with Gasteiger partial charge in [0.2, 0.25) is 0 Å². The van der Waals surface area contributed by atoms with Gasteiger partial charge in [-0.3, -0.25) is 0 Å². The van der Waals surface area contributed by atoms with E-state index in [9.17, 15) is 0 Å². The predicted octanol–water partition coefficient (Wildman–Crippen LogP) is 5.79. The molecule has 0 aliphatic rings. The molecule has 0 amide bonds. The number of imidazole rings is 1. The summed E-state index contributed by atoms with van der Waals surface area (Å²) in [6.07, 6.45) is 12.2. The highest BCUT2D eigenvalue weighted by Crippen LogP contribution is 2.36. The minimum atomic E-state index is -1.82. The number of rotatable bonds is 10. The number of aromatic nitrogens is 2. The van der Waals surface area contributed by atoms with Crippen LogP contribution in [-0.2, 0) is 16.1 Å². The van der Waals surface area contributed by atoms with Crippen LogP contribution in [0.2, 0.25) is 10.0 Å². The molecular weight excluding hydrogens is 435 g/mol. The lowest BCUT2D eigenvalue weighted by atomic mass is 10.1. The fraction of sp³-hybridized carbons (Fsp3) is 0.450. The number of carboxylic acids is 2. The number of aliphatic carboxylic acids is 2. The summed E-state index contributed by atoms with van der Waals surface area (Å²) in [7, 11) is 0. The third-order valence-electron chi connectivity index (χ3n) is 4.00. The maximum Gasteiger partial charge on any atom is 0.414 e. The largest absolute Gasteiger partial charge is 0.473 e. The lowest BCUT2D eigenvalue weighted by molar-refractivity contribution is -0.159. The Morgan fingerprint density at radius 2 is 1.83 bits per heavy atom. The van der Waals surface area contributed by atoms with Crippen LogP contribution in [0.1, 0.15) is 49.8 Å². The van der Waals surface area contributed by atoms with E-state index in [0.717, 1.165) is 22.9 Å². The molecule has 29 heavy (non-hydrogen) atoms. The lowest BCUT2D eigenvalue weighted by Crippen LogP contribution is -2.09. The van der Waals surface area contributed by atoms with E-state index >= 15 is 0 Å². The minimum Gasteiger partial charge on any atom is -0.473 e. The number of hydrogen-bond acceptors (Lipinski definition) is 4. The Balaban J connectivity index is 0.000000612. The van der Waals surface area contributed by atoms with Crippen LogP contribution in [0.3, 0.4) is 0 Å². The highest BCUT2D eigenvalue weighted by Gasteiger charge is 2.16. The van der Waals surface area contributed by atoms with Gasteiger partial charge in [-0.1, -0.05) is 61.9 Å². The topological polar surface area (TPSA) is 92.4 Å². The molecule has 2 aromatic rings. The third kappa shape index (κ3) is 10.6. The number of hydrogen-bond donors (Lipinski definition) is 2. The number of unbranched alkanes of at least 4 members (excludes halogenated alkanes) is 4. The Morgan fingerprint density at radius 3 is 2.38 bits per heavy atom. The number of halogens is 2. The molecule has 160 valence electrons. The Labute approximate surface area is 185 Å². The molecule has 2 rings (SSSR count). The van der Waals surface area contributed by atoms with Crippen LogP contribution in [0, 0.1) is 0 Å². The van der Waals surface area contributed by atoms with Crippen molar-refractivity contribution in [2.45, 2.75) is 50.8 Å². The van der Waals surface area contributed by atoms with Gasteiger partial charge in [0, 0.05) is 34.2 Å². The van der Waals surface area contributed by atoms with Crippen LogP contribution in [0.25, 0.3) is 0 Å². The first kappa shape index (κ1) is 25.3. The van der Waals surface area contributed by atoms with E-state index < -0.39 is 11.9 Å². The smallest absolute Gasteiger partial charge is 0.414 e. The van der Waals surface area contributed by atoms with Crippen LogP contribution >= 0.6 is 35.0 Å². The molecule has 0 saturated heterocycles. The van der Waals surface area contributed by atoms with Crippen molar-refractivity contribution in [3.8, 4) is 0 Å². The summed E-state index contributed by atoms with van der Waals surface area (Å²) in [5, 5.41) is 16.5. The Morgan fingerprint density at radius 1 is 1.14 bits per heavy atom. The van der Waals surface area contributed by atoms with Crippen molar-refractivity contribution < 1.29 is 19.8 Å². The molecule has 1 heterocycles. The fourth-order valence-electron chi connectivity index (χ4n) is 2.52. The predicted molar refractivity (Wildman–Crippen MR) is 118 cm³/mol. The Bertz CT molecular complexity index is 745. The van der Waals surface area contributed by atoms with Crippen molar-refractivity contribution in [2.75, 3.05) is 5.75 Å². The van der Waals surface area contributed by atoms with Gasteiger partial charge < -0.3 is 14.8 Å². The van der Waals surface area contributed by atoms with Crippen molar-refractivity contribution in [3.63, 3.8) is 0 Å². The quantitative estimate of drug-likeness (QED) is 0.344. The normalized spacial score (nSPS) is 11.4. The van der Waals surface area contributed by atoms with Gasteiger partial charge in [-0.2, -0.15) is 11.8 Å². The molecule has 0 aliphatic carbocycles. The zero-order valence-electron chi connectivity index (χ0n) is 16.3. The molecule has 0 radical (unpaired) electrons. The summed E-state index contributed by atoms with van der Waals surface area (Å²) in [5.41, 5.74) is 1.16. The second-order valence-electron chi connectivity index (χ2n) is 6.31. The van der Waals surface area contributed by atoms with Crippen LogP contribution in [0.5, 0.6) is 0 Å². The molecule has 2 N–H and O–H groups in total. The zero-order valence-corrected chi connectivity index (χ0v) is 18.6. The molecule has 0 saturated carbocycles. The number of nitrogens with zero attached hydrogens (tertiary/aromatic N) is 2.